The van der Waals surface area contributed by atoms with Gasteiger partial charge in [0.1, 0.15) is 0 Å². The van der Waals surface area contributed by atoms with Crippen LogP contribution >= 0.6 is 0 Å². The lowest BCUT2D eigenvalue weighted by atomic mass is 9.80. The molecule has 15 heavy (non-hydrogen) atoms. The number of carbonyl (C=O) groups is 1. The molecular weight excluding hydrogens is 190 g/mol. The largest absolute Gasteiger partial charge is 0.465 e. The van der Waals surface area contributed by atoms with Crippen LogP contribution in [0.5, 0.6) is 0 Å². The van der Waals surface area contributed by atoms with Crippen molar-refractivity contribution in [3.63, 3.8) is 0 Å². The molecule has 1 saturated carbocycles. The number of hydrogen-bond acceptors (Lipinski definition) is 3. The predicted octanol–water partition coefficient (Wildman–Crippen LogP) is 2.24. The first kappa shape index (κ1) is 12.5. The Kier molecular flexibility index (Phi) is 5.09. The highest BCUT2D eigenvalue weighted by Crippen LogP contribution is 2.35. The maximum atomic E-state index is 12.0. The van der Waals surface area contributed by atoms with Crippen molar-refractivity contribution in [1.29, 1.82) is 0 Å². The summed E-state index contributed by atoms with van der Waals surface area (Å²) in [5.74, 6) is -0.0613. The van der Waals surface area contributed by atoms with Gasteiger partial charge in [-0.1, -0.05) is 32.6 Å². The lowest BCUT2D eigenvalue weighted by molar-refractivity contribution is -0.156. The number of hydrogen-bond donors (Lipinski definition) is 1. The van der Waals surface area contributed by atoms with Gasteiger partial charge < -0.3 is 10.5 Å². The molecule has 0 aromatic rings. The normalized spacial score (nSPS) is 20.7. The second-order valence-electron chi connectivity index (χ2n) is 4.53. The minimum Gasteiger partial charge on any atom is -0.465 e. The summed E-state index contributed by atoms with van der Waals surface area (Å²) in [7, 11) is 0. The minimum absolute atomic E-state index is 0.0613. The van der Waals surface area contributed by atoms with Gasteiger partial charge >= 0.3 is 5.97 Å². The lowest BCUT2D eigenvalue weighted by Gasteiger charge is -2.28. The summed E-state index contributed by atoms with van der Waals surface area (Å²) in [4.78, 5) is 12.0. The van der Waals surface area contributed by atoms with E-state index in [-0.39, 0.29) is 11.4 Å². The van der Waals surface area contributed by atoms with Crippen molar-refractivity contribution in [2.75, 3.05) is 13.2 Å². The molecule has 0 unspecified atom stereocenters. The molecule has 3 heteroatoms. The van der Waals surface area contributed by atoms with E-state index in [9.17, 15) is 4.79 Å². The van der Waals surface area contributed by atoms with Gasteiger partial charge in [-0.25, -0.2) is 0 Å². The fourth-order valence-electron chi connectivity index (χ4n) is 2.24. The third-order valence-corrected chi connectivity index (χ3v) is 3.32. The summed E-state index contributed by atoms with van der Waals surface area (Å²) in [6.45, 7) is 2.98. The molecule has 1 aliphatic rings. The zero-order valence-corrected chi connectivity index (χ0v) is 9.76. The minimum atomic E-state index is -0.369. The van der Waals surface area contributed by atoms with Crippen molar-refractivity contribution in [1.82, 2.24) is 0 Å². The van der Waals surface area contributed by atoms with Crippen LogP contribution in [0.3, 0.4) is 0 Å². The van der Waals surface area contributed by atoms with Gasteiger partial charge in [-0.2, -0.15) is 0 Å². The van der Waals surface area contributed by atoms with E-state index in [0.29, 0.717) is 13.2 Å². The average molecular weight is 213 g/mol. The Labute approximate surface area is 92.4 Å². The Bertz CT molecular complexity index is 196. The first-order valence-corrected chi connectivity index (χ1v) is 6.12. The maximum absolute atomic E-state index is 12.0. The van der Waals surface area contributed by atoms with Crippen LogP contribution in [-0.2, 0) is 9.53 Å². The van der Waals surface area contributed by atoms with Crippen molar-refractivity contribution in [3.05, 3.63) is 0 Å². The third-order valence-electron chi connectivity index (χ3n) is 3.32. The van der Waals surface area contributed by atoms with Crippen LogP contribution in [0, 0.1) is 5.41 Å². The van der Waals surface area contributed by atoms with E-state index in [4.69, 9.17) is 10.5 Å². The lowest BCUT2D eigenvalue weighted by Crippen LogP contribution is -2.39. The van der Waals surface area contributed by atoms with Crippen molar-refractivity contribution in [3.8, 4) is 0 Å². The zero-order chi connectivity index (χ0) is 11.1. The molecule has 1 rings (SSSR count). The molecule has 0 heterocycles. The van der Waals surface area contributed by atoms with Gasteiger partial charge in [-0.3, -0.25) is 4.79 Å². The van der Waals surface area contributed by atoms with E-state index in [1.54, 1.807) is 0 Å². The van der Waals surface area contributed by atoms with E-state index in [2.05, 4.69) is 0 Å². The highest BCUT2D eigenvalue weighted by atomic mass is 16.5. The molecule has 1 fully saturated rings. The molecule has 0 bridgehead atoms. The molecule has 0 spiro atoms. The van der Waals surface area contributed by atoms with E-state index >= 15 is 0 Å². The van der Waals surface area contributed by atoms with Crippen molar-refractivity contribution < 1.29 is 9.53 Å². The zero-order valence-electron chi connectivity index (χ0n) is 9.76. The monoisotopic (exact) mass is 213 g/mol. The van der Waals surface area contributed by atoms with Gasteiger partial charge in [0.15, 0.2) is 0 Å². The average Bonchev–Trinajstić information content (AvgIpc) is 2.52. The molecule has 0 aromatic heterocycles. The van der Waals surface area contributed by atoms with E-state index in [0.717, 1.165) is 32.1 Å². The fourth-order valence-corrected chi connectivity index (χ4v) is 2.24. The molecular formula is C12H23NO2. The van der Waals surface area contributed by atoms with E-state index < -0.39 is 0 Å². The van der Waals surface area contributed by atoms with Crippen LogP contribution in [-0.4, -0.2) is 19.1 Å². The van der Waals surface area contributed by atoms with Crippen LogP contribution in [0.2, 0.25) is 0 Å². The molecule has 2 N–H and O–H groups in total. The summed E-state index contributed by atoms with van der Waals surface area (Å²) in [6, 6.07) is 0. The molecule has 0 radical (unpaired) electrons. The van der Waals surface area contributed by atoms with Gasteiger partial charge in [-0.05, 0) is 19.3 Å². The molecule has 88 valence electrons. The second-order valence-corrected chi connectivity index (χ2v) is 4.53. The number of nitrogens with two attached hydrogens (primary N) is 1. The first-order valence-electron chi connectivity index (χ1n) is 6.12. The molecule has 1 aliphatic carbocycles. The second kappa shape index (κ2) is 6.11. The van der Waals surface area contributed by atoms with Gasteiger partial charge in [0, 0.05) is 6.54 Å². The Balaban J connectivity index is 2.59. The van der Waals surface area contributed by atoms with Gasteiger partial charge in [0.05, 0.1) is 12.0 Å². The number of esters is 1. The standard InChI is InChI=1S/C12H23NO2/c1-2-9-15-11(14)12(10-13)7-5-3-4-6-8-12/h2-10,13H2,1H3. The van der Waals surface area contributed by atoms with Gasteiger partial charge in [0.25, 0.3) is 0 Å². The van der Waals surface area contributed by atoms with Crippen LogP contribution in [0.15, 0.2) is 0 Å². The van der Waals surface area contributed by atoms with Crippen LogP contribution in [0.4, 0.5) is 0 Å². The summed E-state index contributed by atoms with van der Waals surface area (Å²) < 4.78 is 5.26. The van der Waals surface area contributed by atoms with Crippen molar-refractivity contribution >= 4 is 5.97 Å². The van der Waals surface area contributed by atoms with Crippen molar-refractivity contribution in [2.45, 2.75) is 51.9 Å². The molecule has 0 saturated heterocycles. The number of rotatable bonds is 4. The Hall–Kier alpha value is -0.570. The predicted molar refractivity (Wildman–Crippen MR) is 60.4 cm³/mol. The van der Waals surface area contributed by atoms with Crippen molar-refractivity contribution in [2.24, 2.45) is 11.1 Å². The highest BCUT2D eigenvalue weighted by Gasteiger charge is 2.38. The molecule has 0 aromatic carbocycles. The summed E-state index contributed by atoms with van der Waals surface area (Å²) in [5, 5.41) is 0. The Morgan fingerprint density at radius 3 is 2.33 bits per heavy atom. The highest BCUT2D eigenvalue weighted by molar-refractivity contribution is 5.77. The van der Waals surface area contributed by atoms with Crippen LogP contribution < -0.4 is 5.73 Å². The third kappa shape index (κ3) is 3.20. The quantitative estimate of drug-likeness (QED) is 0.575. The smallest absolute Gasteiger partial charge is 0.313 e. The summed E-state index contributed by atoms with van der Waals surface area (Å²) >= 11 is 0. The van der Waals surface area contributed by atoms with Gasteiger partial charge in [0.2, 0.25) is 0 Å². The Morgan fingerprint density at radius 1 is 1.27 bits per heavy atom. The summed E-state index contributed by atoms with van der Waals surface area (Å²) in [6.07, 6.45) is 7.37. The van der Waals surface area contributed by atoms with Crippen LogP contribution in [0.1, 0.15) is 51.9 Å². The van der Waals surface area contributed by atoms with Gasteiger partial charge in [-0.15, -0.1) is 0 Å². The SMILES string of the molecule is CCCOC(=O)C1(CN)CCCCCC1. The topological polar surface area (TPSA) is 52.3 Å². The van der Waals surface area contributed by atoms with Crippen LogP contribution in [0.25, 0.3) is 0 Å². The summed E-state index contributed by atoms with van der Waals surface area (Å²) in [5.41, 5.74) is 5.41. The number of carbonyl (C=O) groups excluding carboxylic acids is 1. The van der Waals surface area contributed by atoms with E-state index in [1.807, 2.05) is 6.92 Å². The molecule has 0 aliphatic heterocycles. The first-order chi connectivity index (χ1) is 7.25. The maximum Gasteiger partial charge on any atom is 0.313 e. The molecule has 0 atom stereocenters. The fraction of sp³-hybridized carbons (Fsp3) is 0.917. The van der Waals surface area contributed by atoms with E-state index in [1.165, 1.54) is 12.8 Å². The number of ether oxygens (including phenoxy) is 1. The Morgan fingerprint density at radius 2 is 1.87 bits per heavy atom. The molecule has 3 nitrogen and oxygen atoms in total. The molecule has 0 amide bonds.